The normalized spacial score (nSPS) is 11.2. The summed E-state index contributed by atoms with van der Waals surface area (Å²) in [4.78, 5) is 14.9. The van der Waals surface area contributed by atoms with Crippen LogP contribution in [0.2, 0.25) is 0 Å². The molecule has 6 aromatic carbocycles. The highest BCUT2D eigenvalue weighted by Gasteiger charge is 2.20. The Bertz CT molecular complexity index is 2820. The molecule has 0 atom stereocenters. The summed E-state index contributed by atoms with van der Waals surface area (Å²) in [6.07, 6.45) is 13.5. The van der Waals surface area contributed by atoms with Gasteiger partial charge in [0.05, 0.1) is 11.0 Å². The van der Waals surface area contributed by atoms with E-state index in [-0.39, 0.29) is 0 Å². The average molecular weight is 827 g/mol. The zero-order valence-electron chi connectivity index (χ0n) is 38.4. The standard InChI is InChI=1S/C53H44N4.3C2H6/c1-5-9-21-37(7-3)51-54-52(38(8-4)22-10-6-2)56-53(55-51)41-31-33-43(34-32-41)57-49-30-20-19-29-46(49)48-36-42(35-47(50(48)57)40-25-15-12-16-26-40)45-28-18-17-27-44(45)39-23-13-11-14-24-39;3*1-2/h5,7-9,11-36H,1,4,6,10H2,2-3H3;3*1-2H3/b21-9-,37-7+,38-22+;;;. The van der Waals surface area contributed by atoms with Crippen LogP contribution in [0.5, 0.6) is 0 Å². The summed E-state index contributed by atoms with van der Waals surface area (Å²) in [5.41, 5.74) is 13.1. The van der Waals surface area contributed by atoms with Crippen LogP contribution < -0.4 is 0 Å². The number of hydrogen-bond acceptors (Lipinski definition) is 3. The van der Waals surface area contributed by atoms with Crippen molar-refractivity contribution in [2.24, 2.45) is 0 Å². The summed E-state index contributed by atoms with van der Waals surface area (Å²) in [5.74, 6) is 1.81. The highest BCUT2D eigenvalue weighted by molar-refractivity contribution is 6.15. The number of aromatic nitrogens is 4. The first-order valence-corrected chi connectivity index (χ1v) is 22.5. The second-order valence-corrected chi connectivity index (χ2v) is 13.9. The molecular formula is C59H62N4. The minimum Gasteiger partial charge on any atom is -0.309 e. The molecule has 0 fully saturated rings. The van der Waals surface area contributed by atoms with Crippen LogP contribution in [0, 0.1) is 0 Å². The Labute approximate surface area is 376 Å². The van der Waals surface area contributed by atoms with E-state index in [1.165, 1.54) is 38.6 Å². The minimum absolute atomic E-state index is 0.600. The van der Waals surface area contributed by atoms with Crippen LogP contribution in [-0.4, -0.2) is 19.5 Å². The van der Waals surface area contributed by atoms with Crippen LogP contribution in [0.3, 0.4) is 0 Å². The summed E-state index contributed by atoms with van der Waals surface area (Å²) in [7, 11) is 0. The molecule has 0 radical (unpaired) electrons. The van der Waals surface area contributed by atoms with E-state index < -0.39 is 0 Å². The number of para-hydroxylation sites is 1. The third-order valence-corrected chi connectivity index (χ3v) is 10.3. The van der Waals surface area contributed by atoms with Crippen molar-refractivity contribution in [3.8, 4) is 50.5 Å². The molecule has 0 saturated heterocycles. The molecule has 0 saturated carbocycles. The third kappa shape index (κ3) is 10.5. The van der Waals surface area contributed by atoms with Gasteiger partial charge in [0.25, 0.3) is 0 Å². The van der Waals surface area contributed by atoms with Crippen molar-refractivity contribution in [3.05, 3.63) is 207 Å². The summed E-state index contributed by atoms with van der Waals surface area (Å²) < 4.78 is 2.40. The molecule has 4 heteroatoms. The molecule has 318 valence electrons. The fourth-order valence-corrected chi connectivity index (χ4v) is 7.52. The van der Waals surface area contributed by atoms with Gasteiger partial charge in [-0.25, -0.2) is 15.0 Å². The highest BCUT2D eigenvalue weighted by Crippen LogP contribution is 2.43. The first-order valence-electron chi connectivity index (χ1n) is 22.5. The summed E-state index contributed by atoms with van der Waals surface area (Å²) in [6, 6.07) is 52.1. The minimum atomic E-state index is 0.600. The monoisotopic (exact) mass is 826 g/mol. The second kappa shape index (κ2) is 23.7. The number of hydrogen-bond donors (Lipinski definition) is 0. The highest BCUT2D eigenvalue weighted by atomic mass is 15.0. The zero-order chi connectivity index (χ0) is 45.1. The Morgan fingerprint density at radius 3 is 1.70 bits per heavy atom. The molecule has 0 N–H and O–H groups in total. The molecule has 0 aliphatic rings. The molecule has 4 nitrogen and oxygen atoms in total. The molecule has 63 heavy (non-hydrogen) atoms. The molecular weight excluding hydrogens is 765 g/mol. The van der Waals surface area contributed by atoms with Crippen LogP contribution in [-0.2, 0) is 0 Å². The lowest BCUT2D eigenvalue weighted by Gasteiger charge is -2.16. The zero-order valence-corrected chi connectivity index (χ0v) is 38.4. The predicted octanol–water partition coefficient (Wildman–Crippen LogP) is 17.2. The van der Waals surface area contributed by atoms with Gasteiger partial charge in [0.1, 0.15) is 0 Å². The quantitative estimate of drug-likeness (QED) is 0.115. The Morgan fingerprint density at radius 2 is 1.11 bits per heavy atom. The third-order valence-electron chi connectivity index (χ3n) is 10.3. The maximum absolute atomic E-state index is 5.00. The number of nitrogens with zero attached hydrogens (tertiary/aromatic N) is 4. The molecule has 2 aromatic heterocycles. The lowest BCUT2D eigenvalue weighted by molar-refractivity contribution is 0.953. The van der Waals surface area contributed by atoms with Crippen LogP contribution in [0.1, 0.15) is 79.9 Å². The van der Waals surface area contributed by atoms with E-state index in [4.69, 9.17) is 15.0 Å². The smallest absolute Gasteiger partial charge is 0.164 e. The van der Waals surface area contributed by atoms with Crippen molar-refractivity contribution in [2.75, 3.05) is 0 Å². The largest absolute Gasteiger partial charge is 0.309 e. The Kier molecular flexibility index (Phi) is 17.7. The number of unbranched alkanes of at least 4 members (excludes halogenated alkanes) is 1. The van der Waals surface area contributed by atoms with Gasteiger partial charge in [0.2, 0.25) is 0 Å². The van der Waals surface area contributed by atoms with Gasteiger partial charge in [-0.2, -0.15) is 0 Å². The lowest BCUT2D eigenvalue weighted by Crippen LogP contribution is -2.04. The molecule has 8 rings (SSSR count). The van der Waals surface area contributed by atoms with Gasteiger partial charge in [-0.05, 0) is 83.6 Å². The van der Waals surface area contributed by atoms with E-state index in [1.807, 2.05) is 72.8 Å². The van der Waals surface area contributed by atoms with Crippen LogP contribution in [0.4, 0.5) is 0 Å². The van der Waals surface area contributed by atoms with Gasteiger partial charge in [-0.15, -0.1) is 0 Å². The topological polar surface area (TPSA) is 43.6 Å². The van der Waals surface area contributed by atoms with Gasteiger partial charge in [0, 0.05) is 38.7 Å². The Balaban J connectivity index is 0.00000120. The molecule has 0 bridgehead atoms. The fourth-order valence-electron chi connectivity index (χ4n) is 7.52. The van der Waals surface area contributed by atoms with Crippen molar-refractivity contribution >= 4 is 33.0 Å². The van der Waals surface area contributed by atoms with Crippen LogP contribution in [0.15, 0.2) is 195 Å². The van der Waals surface area contributed by atoms with Gasteiger partial charge in [0.15, 0.2) is 17.5 Å². The van der Waals surface area contributed by atoms with E-state index in [1.54, 1.807) is 6.08 Å². The molecule has 0 aliphatic heterocycles. The van der Waals surface area contributed by atoms with E-state index in [0.29, 0.717) is 17.5 Å². The molecule has 0 spiro atoms. The van der Waals surface area contributed by atoms with Crippen LogP contribution >= 0.6 is 0 Å². The van der Waals surface area contributed by atoms with Gasteiger partial charge in [-0.3, -0.25) is 0 Å². The van der Waals surface area contributed by atoms with Crippen molar-refractivity contribution in [2.45, 2.75) is 68.2 Å². The van der Waals surface area contributed by atoms with Crippen LogP contribution in [0.25, 0.3) is 83.4 Å². The fraction of sp³-hybridized carbons (Fsp3) is 0.169. The second-order valence-electron chi connectivity index (χ2n) is 13.9. The SMILES string of the molecule is C=C/C=C\C(=C/C)c1nc(/C(C=C)=C/CCC)nc(-c2ccc(-n3c4ccccc4c4cc(-c5ccccc5-c5ccccc5)cc(-c5ccccc5)c43)cc2)n1.CC.CC.CC. The van der Waals surface area contributed by atoms with Crippen molar-refractivity contribution in [1.82, 2.24) is 19.5 Å². The number of fused-ring (bicyclic) bond motifs is 3. The number of rotatable bonds is 12. The molecule has 8 aromatic rings. The average Bonchev–Trinajstić information content (AvgIpc) is 3.71. The summed E-state index contributed by atoms with van der Waals surface area (Å²) in [5, 5.41) is 2.39. The summed E-state index contributed by atoms with van der Waals surface area (Å²) >= 11 is 0. The number of allylic oxidation sites excluding steroid dienone is 8. The Hall–Kier alpha value is -7.17. The van der Waals surface area contributed by atoms with E-state index in [9.17, 15) is 0 Å². The van der Waals surface area contributed by atoms with Crippen molar-refractivity contribution < 1.29 is 0 Å². The van der Waals surface area contributed by atoms with E-state index in [0.717, 1.165) is 51.8 Å². The molecule has 0 aliphatic carbocycles. The van der Waals surface area contributed by atoms with Gasteiger partial charge in [-0.1, -0.05) is 208 Å². The molecule has 2 heterocycles. The molecule has 0 unspecified atom stereocenters. The Morgan fingerprint density at radius 1 is 0.556 bits per heavy atom. The van der Waals surface area contributed by atoms with E-state index >= 15 is 0 Å². The van der Waals surface area contributed by atoms with Gasteiger partial charge < -0.3 is 4.57 Å². The van der Waals surface area contributed by atoms with E-state index in [2.05, 4.69) is 176 Å². The first-order chi connectivity index (χ1) is 31.1. The maximum Gasteiger partial charge on any atom is 0.164 e. The van der Waals surface area contributed by atoms with Gasteiger partial charge >= 0.3 is 0 Å². The van der Waals surface area contributed by atoms with Crippen molar-refractivity contribution in [3.63, 3.8) is 0 Å². The maximum atomic E-state index is 5.00. The molecule has 0 amide bonds. The lowest BCUT2D eigenvalue weighted by atomic mass is 9.91. The first kappa shape index (κ1) is 46.9. The summed E-state index contributed by atoms with van der Waals surface area (Å²) in [6.45, 7) is 24.1. The van der Waals surface area contributed by atoms with Crippen molar-refractivity contribution in [1.29, 1.82) is 0 Å². The predicted molar refractivity (Wildman–Crippen MR) is 276 cm³/mol. The number of benzene rings is 6.